The summed E-state index contributed by atoms with van der Waals surface area (Å²) in [7, 11) is 0. The van der Waals surface area contributed by atoms with E-state index >= 15 is 0 Å². The summed E-state index contributed by atoms with van der Waals surface area (Å²) in [5, 5.41) is 0. The predicted molar refractivity (Wildman–Crippen MR) is 54.0 cm³/mol. The molecule has 1 aromatic rings. The van der Waals surface area contributed by atoms with E-state index in [1.807, 2.05) is 6.92 Å². The molecule has 0 fully saturated rings. The second-order valence-corrected chi connectivity index (χ2v) is 4.08. The van der Waals surface area contributed by atoms with Crippen LogP contribution in [0.1, 0.15) is 25.2 Å². The van der Waals surface area contributed by atoms with Gasteiger partial charge in [0.25, 0.3) is 0 Å². The lowest BCUT2D eigenvalue weighted by Gasteiger charge is -2.08. The molecule has 0 bridgehead atoms. The van der Waals surface area contributed by atoms with Crippen LogP contribution in [0.3, 0.4) is 0 Å². The van der Waals surface area contributed by atoms with Gasteiger partial charge in [-0.15, -0.1) is 0 Å². The number of hydrogen-bond donors (Lipinski definition) is 0. The third kappa shape index (κ3) is 2.46. The number of rotatable bonds is 2. The minimum Gasteiger partial charge on any atom is -0.769 e. The molecule has 1 aromatic heterocycles. The predicted octanol–water partition coefficient (Wildman–Crippen LogP) is 1.42. The quantitative estimate of drug-likeness (QED) is 0.694. The molecule has 0 aliphatic rings. The van der Waals surface area contributed by atoms with Crippen molar-refractivity contribution < 1.29 is 8.76 Å². The molecular formula is C9H11N2O2S-. The fourth-order valence-electron chi connectivity index (χ4n) is 0.869. The summed E-state index contributed by atoms with van der Waals surface area (Å²) >= 11 is -2.20. The van der Waals surface area contributed by atoms with Crippen molar-refractivity contribution in [2.24, 2.45) is 0 Å². The molecule has 14 heavy (non-hydrogen) atoms. The summed E-state index contributed by atoms with van der Waals surface area (Å²) in [6.45, 7) is 5.10. The van der Waals surface area contributed by atoms with Gasteiger partial charge in [0.15, 0.2) is 5.82 Å². The second-order valence-electron chi connectivity index (χ2n) is 3.00. The van der Waals surface area contributed by atoms with Gasteiger partial charge in [0.2, 0.25) is 0 Å². The van der Waals surface area contributed by atoms with Crippen LogP contribution in [0, 0.1) is 6.92 Å². The minimum atomic E-state index is -2.20. The van der Waals surface area contributed by atoms with Gasteiger partial charge >= 0.3 is 0 Å². The smallest absolute Gasteiger partial charge is 0.155 e. The molecule has 1 rings (SSSR count). The molecule has 1 unspecified atom stereocenters. The third-order valence-electron chi connectivity index (χ3n) is 1.89. The highest BCUT2D eigenvalue weighted by molar-refractivity contribution is 7.83. The van der Waals surface area contributed by atoms with E-state index in [1.54, 1.807) is 19.3 Å². The Kier molecular flexibility index (Phi) is 3.49. The maximum absolute atomic E-state index is 10.7. The summed E-state index contributed by atoms with van der Waals surface area (Å²) < 4.78 is 21.3. The van der Waals surface area contributed by atoms with Crippen LogP contribution in [-0.4, -0.2) is 18.7 Å². The van der Waals surface area contributed by atoms with E-state index < -0.39 is 11.1 Å². The second kappa shape index (κ2) is 4.43. The van der Waals surface area contributed by atoms with Crippen LogP contribution in [0.5, 0.6) is 0 Å². The SMILES string of the molecule is C/C(=C(/C)S(=O)[O-])c1ncc(C)cn1. The van der Waals surface area contributed by atoms with Crippen LogP contribution in [0.4, 0.5) is 0 Å². The first-order valence-electron chi connectivity index (χ1n) is 4.08. The van der Waals surface area contributed by atoms with Crippen LogP contribution in [0.2, 0.25) is 0 Å². The maximum Gasteiger partial charge on any atom is 0.155 e. The zero-order valence-corrected chi connectivity index (χ0v) is 9.09. The van der Waals surface area contributed by atoms with Gasteiger partial charge < -0.3 is 4.55 Å². The fourth-order valence-corrected chi connectivity index (χ4v) is 1.21. The maximum atomic E-state index is 10.7. The van der Waals surface area contributed by atoms with Crippen molar-refractivity contribution in [1.29, 1.82) is 0 Å². The molecular weight excluding hydrogens is 200 g/mol. The fraction of sp³-hybridized carbons (Fsp3) is 0.333. The van der Waals surface area contributed by atoms with Crippen molar-refractivity contribution in [3.63, 3.8) is 0 Å². The monoisotopic (exact) mass is 211 g/mol. The highest BCUT2D eigenvalue weighted by Crippen LogP contribution is 2.15. The van der Waals surface area contributed by atoms with Gasteiger partial charge in [-0.3, -0.25) is 4.21 Å². The Morgan fingerprint density at radius 2 is 1.86 bits per heavy atom. The number of aryl methyl sites for hydroxylation is 1. The highest BCUT2D eigenvalue weighted by Gasteiger charge is 2.03. The lowest BCUT2D eigenvalue weighted by molar-refractivity contribution is 0.543. The molecule has 0 aliphatic heterocycles. The molecule has 76 valence electrons. The average molecular weight is 211 g/mol. The lowest BCUT2D eigenvalue weighted by atomic mass is 10.2. The van der Waals surface area contributed by atoms with E-state index in [0.717, 1.165) is 5.56 Å². The Bertz CT molecular complexity index is 384. The zero-order valence-electron chi connectivity index (χ0n) is 8.27. The summed E-state index contributed by atoms with van der Waals surface area (Å²) in [4.78, 5) is 8.35. The normalized spacial score (nSPS) is 14.9. The number of aromatic nitrogens is 2. The third-order valence-corrected chi connectivity index (χ3v) is 2.70. The van der Waals surface area contributed by atoms with Crippen molar-refractivity contribution in [3.8, 4) is 0 Å². The van der Waals surface area contributed by atoms with Crippen LogP contribution < -0.4 is 0 Å². The van der Waals surface area contributed by atoms with Crippen molar-refractivity contribution in [1.82, 2.24) is 9.97 Å². The Labute approximate surface area is 85.4 Å². The molecule has 0 aliphatic carbocycles. The van der Waals surface area contributed by atoms with E-state index in [9.17, 15) is 8.76 Å². The molecule has 4 nitrogen and oxygen atoms in total. The molecule has 0 saturated heterocycles. The summed E-state index contributed by atoms with van der Waals surface area (Å²) in [5.41, 5.74) is 1.53. The van der Waals surface area contributed by atoms with Gasteiger partial charge in [-0.1, -0.05) is 0 Å². The largest absolute Gasteiger partial charge is 0.769 e. The number of nitrogens with zero attached hydrogens (tertiary/aromatic N) is 2. The van der Waals surface area contributed by atoms with Crippen LogP contribution >= 0.6 is 0 Å². The Morgan fingerprint density at radius 1 is 1.36 bits per heavy atom. The van der Waals surface area contributed by atoms with Gasteiger partial charge in [0.05, 0.1) is 0 Å². The number of hydrogen-bond acceptors (Lipinski definition) is 4. The minimum absolute atomic E-state index is 0.272. The lowest BCUT2D eigenvalue weighted by Crippen LogP contribution is -1.97. The highest BCUT2D eigenvalue weighted by atomic mass is 32.2. The van der Waals surface area contributed by atoms with Gasteiger partial charge in [-0.05, 0) is 37.4 Å². The summed E-state index contributed by atoms with van der Waals surface area (Å²) in [6.07, 6.45) is 3.32. The van der Waals surface area contributed by atoms with Crippen molar-refractivity contribution in [2.75, 3.05) is 0 Å². The van der Waals surface area contributed by atoms with Crippen molar-refractivity contribution in [3.05, 3.63) is 28.7 Å². The van der Waals surface area contributed by atoms with E-state index in [2.05, 4.69) is 9.97 Å². The van der Waals surface area contributed by atoms with Gasteiger partial charge in [0.1, 0.15) is 0 Å². The molecule has 5 heteroatoms. The molecule has 0 spiro atoms. The van der Waals surface area contributed by atoms with Crippen LogP contribution in [0.15, 0.2) is 17.3 Å². The summed E-state index contributed by atoms with van der Waals surface area (Å²) in [6, 6.07) is 0. The van der Waals surface area contributed by atoms with Crippen molar-refractivity contribution in [2.45, 2.75) is 20.8 Å². The molecule has 1 atom stereocenters. The van der Waals surface area contributed by atoms with E-state index in [-0.39, 0.29) is 4.91 Å². The van der Waals surface area contributed by atoms with Gasteiger partial charge in [-0.2, -0.15) is 0 Å². The Morgan fingerprint density at radius 3 is 2.29 bits per heavy atom. The average Bonchev–Trinajstić information content (AvgIpc) is 2.16. The first kappa shape index (κ1) is 11.0. The Balaban J connectivity index is 3.12. The number of allylic oxidation sites excluding steroid dienone is 2. The van der Waals surface area contributed by atoms with Crippen molar-refractivity contribution >= 4 is 16.7 Å². The molecule has 0 aromatic carbocycles. The van der Waals surface area contributed by atoms with Crippen LogP contribution in [-0.2, 0) is 11.1 Å². The van der Waals surface area contributed by atoms with Gasteiger partial charge in [-0.25, -0.2) is 9.97 Å². The van der Waals surface area contributed by atoms with Crippen LogP contribution in [0.25, 0.3) is 5.57 Å². The first-order valence-corrected chi connectivity index (χ1v) is 5.15. The first-order chi connectivity index (χ1) is 6.52. The van der Waals surface area contributed by atoms with Gasteiger partial charge in [0, 0.05) is 22.9 Å². The Hall–Kier alpha value is -1.07. The molecule has 0 radical (unpaired) electrons. The summed E-state index contributed by atoms with van der Waals surface area (Å²) in [5.74, 6) is 0.456. The molecule has 1 heterocycles. The molecule has 0 saturated carbocycles. The zero-order chi connectivity index (χ0) is 10.7. The van der Waals surface area contributed by atoms with E-state index in [1.165, 1.54) is 6.92 Å². The standard InChI is InChI=1S/C9H12N2O2S/c1-6-4-10-9(11-5-6)7(2)8(3)14(12)13/h4-5H,1-3H3,(H,12,13)/p-1/b8-7+. The topological polar surface area (TPSA) is 65.9 Å². The van der Waals surface area contributed by atoms with E-state index in [4.69, 9.17) is 0 Å². The molecule has 0 amide bonds. The molecule has 0 N–H and O–H groups in total. The van der Waals surface area contributed by atoms with E-state index in [0.29, 0.717) is 11.4 Å².